The Bertz CT molecular complexity index is 1330. The van der Waals surface area contributed by atoms with Crippen LogP contribution in [0.15, 0.2) is 24.3 Å². The number of rotatable bonds is 8. The van der Waals surface area contributed by atoms with Crippen LogP contribution in [0.5, 0.6) is 11.6 Å². The molecular formula is C23H34N2O7. The molecule has 32 heavy (non-hydrogen) atoms. The van der Waals surface area contributed by atoms with Crippen LogP contribution in [-0.4, -0.2) is 73.6 Å². The minimum Gasteiger partial charge on any atom is -0.491 e. The van der Waals surface area contributed by atoms with Gasteiger partial charge in [0.2, 0.25) is 12.2 Å². The summed E-state index contributed by atoms with van der Waals surface area (Å²) >= 11 is 0. The number of nitrogens with zero attached hydrogens (tertiary/aromatic N) is 2. The fourth-order valence-electron chi connectivity index (χ4n) is 3.30. The van der Waals surface area contributed by atoms with Crippen molar-refractivity contribution in [1.29, 1.82) is 0 Å². The molecule has 3 rings (SSSR count). The summed E-state index contributed by atoms with van der Waals surface area (Å²) in [6.07, 6.45) is -12.3. The van der Waals surface area contributed by atoms with Crippen molar-refractivity contribution < 1.29 is 53.8 Å². The van der Waals surface area contributed by atoms with E-state index in [0.29, 0.717) is 10.2 Å². The quantitative estimate of drug-likeness (QED) is 0.461. The molecule has 1 aliphatic rings. The van der Waals surface area contributed by atoms with Crippen molar-refractivity contribution in [3.8, 4) is 11.6 Å². The summed E-state index contributed by atoms with van der Waals surface area (Å²) < 4.78 is 125. The Morgan fingerprint density at radius 1 is 1.12 bits per heavy atom. The summed E-state index contributed by atoms with van der Waals surface area (Å²) in [5.41, 5.74) is 0.109. The van der Waals surface area contributed by atoms with Crippen molar-refractivity contribution in [2.45, 2.75) is 83.6 Å². The molecule has 1 aromatic carbocycles. The molecule has 2 aromatic rings. The zero-order valence-electron chi connectivity index (χ0n) is 31.0. The minimum absolute atomic E-state index is 0.0319. The molecule has 0 radical (unpaired) electrons. The van der Waals surface area contributed by atoms with Crippen LogP contribution < -0.4 is 9.47 Å². The average Bonchev–Trinajstić information content (AvgIpc) is 3.21. The molecule has 178 valence electrons. The fourth-order valence-corrected chi connectivity index (χ4v) is 3.30. The zero-order chi connectivity index (χ0) is 35.4. The van der Waals surface area contributed by atoms with Gasteiger partial charge in [-0.15, -0.1) is 5.10 Å². The first-order chi connectivity index (χ1) is 20.7. The summed E-state index contributed by atoms with van der Waals surface area (Å²) in [7, 11) is 0. The molecule has 5 atom stereocenters. The molecule has 0 aliphatic carbocycles. The molecule has 1 aliphatic heterocycles. The van der Waals surface area contributed by atoms with E-state index in [1.807, 2.05) is 0 Å². The first kappa shape index (κ1) is 11.8. The molecule has 0 amide bonds. The molecule has 2 heterocycles. The van der Waals surface area contributed by atoms with Crippen molar-refractivity contribution in [3.63, 3.8) is 0 Å². The summed E-state index contributed by atoms with van der Waals surface area (Å²) in [5, 5.41) is 44.3. The SMILES string of the molecule is [2H]C([2H])([2H])C([2H])(Oc1ccc(Cc2c(O[C@@H]3O[C@H](CO)[C@@H](O)[C@H](O)[C@H]3O)nn(C([2H])(C([2H])([2H])[2H])C([2H])([2H])[2H])c2C)cc1)C([2H])([2H])[2H]. The van der Waals surface area contributed by atoms with Crippen molar-refractivity contribution in [1.82, 2.24) is 9.78 Å². The van der Waals surface area contributed by atoms with E-state index in [1.165, 1.54) is 19.1 Å². The number of hydrogen-bond acceptors (Lipinski definition) is 8. The number of hydrogen-bond donors (Lipinski definition) is 4. The normalized spacial score (nSPS) is 34.7. The lowest BCUT2D eigenvalue weighted by Gasteiger charge is -2.39. The van der Waals surface area contributed by atoms with Crippen molar-refractivity contribution in [3.05, 3.63) is 41.1 Å². The van der Waals surface area contributed by atoms with E-state index < -0.39 is 82.7 Å². The van der Waals surface area contributed by atoms with Gasteiger partial charge in [0.1, 0.15) is 30.2 Å². The second kappa shape index (κ2) is 10.2. The van der Waals surface area contributed by atoms with Gasteiger partial charge in [-0.05, 0) is 52.0 Å². The molecule has 9 nitrogen and oxygen atoms in total. The van der Waals surface area contributed by atoms with Crippen molar-refractivity contribution in [2.24, 2.45) is 0 Å². The van der Waals surface area contributed by atoms with Gasteiger partial charge in [0.05, 0.1) is 15.4 Å². The van der Waals surface area contributed by atoms with Gasteiger partial charge in [0.15, 0.2) is 0 Å². The summed E-state index contributed by atoms with van der Waals surface area (Å²) in [6, 6.07) is 1.62. The van der Waals surface area contributed by atoms with Crippen molar-refractivity contribution >= 4 is 0 Å². The van der Waals surface area contributed by atoms with Gasteiger partial charge in [0.25, 0.3) is 0 Å². The van der Waals surface area contributed by atoms with Crippen LogP contribution in [0.2, 0.25) is 0 Å². The highest BCUT2D eigenvalue weighted by atomic mass is 16.7. The van der Waals surface area contributed by atoms with E-state index in [4.69, 9.17) is 33.4 Å². The average molecular weight is 465 g/mol. The molecule has 1 fully saturated rings. The van der Waals surface area contributed by atoms with Crippen LogP contribution >= 0.6 is 0 Å². The molecular weight excluding hydrogens is 416 g/mol. The lowest BCUT2D eigenvalue weighted by atomic mass is 9.99. The lowest BCUT2D eigenvalue weighted by molar-refractivity contribution is -0.278. The Morgan fingerprint density at radius 2 is 1.84 bits per heavy atom. The van der Waals surface area contributed by atoms with Gasteiger partial charge in [-0.1, -0.05) is 12.1 Å². The van der Waals surface area contributed by atoms with E-state index in [0.717, 1.165) is 12.1 Å². The molecule has 0 spiro atoms. The number of benzene rings is 1. The first-order valence-corrected chi connectivity index (χ1v) is 9.55. The molecule has 0 unspecified atom stereocenters. The number of aliphatic hydroxyl groups excluding tert-OH is 4. The van der Waals surface area contributed by atoms with Gasteiger partial charge >= 0.3 is 0 Å². The molecule has 4 N–H and O–H groups in total. The van der Waals surface area contributed by atoms with Gasteiger partial charge in [-0.3, -0.25) is 4.68 Å². The second-order valence-corrected chi connectivity index (χ2v) is 7.20. The third-order valence-corrected chi connectivity index (χ3v) is 5.02. The molecule has 0 saturated carbocycles. The Morgan fingerprint density at radius 3 is 2.47 bits per heavy atom. The van der Waals surface area contributed by atoms with E-state index in [1.54, 1.807) is 0 Å². The van der Waals surface area contributed by atoms with Gasteiger partial charge in [-0.25, -0.2) is 0 Å². The monoisotopic (exact) mass is 464 g/mol. The van der Waals surface area contributed by atoms with Crippen LogP contribution in [0.1, 0.15) is 69.4 Å². The van der Waals surface area contributed by atoms with E-state index >= 15 is 0 Å². The fraction of sp³-hybridized carbons (Fsp3) is 0.609. The predicted molar refractivity (Wildman–Crippen MR) is 117 cm³/mol. The maximum atomic E-state index is 10.5. The van der Waals surface area contributed by atoms with Crippen LogP contribution in [0.3, 0.4) is 0 Å². The van der Waals surface area contributed by atoms with Crippen LogP contribution in [0, 0.1) is 6.92 Å². The molecule has 9 heteroatoms. The number of aromatic nitrogens is 2. The summed E-state index contributed by atoms with van der Waals surface area (Å²) in [5.74, 6) is -0.839. The van der Waals surface area contributed by atoms with E-state index in [9.17, 15) is 20.4 Å². The minimum atomic E-state index is -3.47. The predicted octanol–water partition coefficient (Wildman–Crippen LogP) is 1.33. The largest absolute Gasteiger partial charge is 0.491 e. The Balaban J connectivity index is 2.10. The van der Waals surface area contributed by atoms with Crippen molar-refractivity contribution in [2.75, 3.05) is 6.61 Å². The van der Waals surface area contributed by atoms with Crippen LogP contribution in [-0.2, 0) is 11.2 Å². The summed E-state index contributed by atoms with van der Waals surface area (Å²) in [6.45, 7) is -13.2. The molecule has 1 aromatic heterocycles. The third kappa shape index (κ3) is 5.24. The Hall–Kier alpha value is -2.17. The topological polar surface area (TPSA) is 126 Å². The van der Waals surface area contributed by atoms with Gasteiger partial charge in [0, 0.05) is 40.1 Å². The van der Waals surface area contributed by atoms with E-state index in [-0.39, 0.29) is 23.4 Å². The smallest absolute Gasteiger partial charge is 0.239 e. The lowest BCUT2D eigenvalue weighted by Crippen LogP contribution is -2.60. The zero-order valence-corrected chi connectivity index (χ0v) is 17.0. The molecule has 0 bridgehead atoms. The number of ether oxygens (including phenoxy) is 3. The third-order valence-electron chi connectivity index (χ3n) is 5.02. The standard InChI is InChI=1S/C23H34N2O7/c1-12(2)25-14(5)17(10-15-6-8-16(9-7-15)30-13(3)4)22(24-25)32-23-21(29)20(28)19(27)18(11-26)31-23/h6-9,12-13,18-21,23,26-29H,10-11H2,1-5H3/t18-,19-,20+,21-,23+/m1/s1/i1D3,2D3,3D3,4D3,12D,13D. The molecule has 1 saturated heterocycles. The van der Waals surface area contributed by atoms with Gasteiger partial charge in [-0.2, -0.15) is 0 Å². The van der Waals surface area contributed by atoms with Crippen LogP contribution in [0.25, 0.3) is 0 Å². The van der Waals surface area contributed by atoms with E-state index in [2.05, 4.69) is 5.10 Å². The highest BCUT2D eigenvalue weighted by molar-refractivity contribution is 5.38. The highest BCUT2D eigenvalue weighted by Gasteiger charge is 2.45. The maximum absolute atomic E-state index is 10.5. The second-order valence-electron chi connectivity index (χ2n) is 7.20. The maximum Gasteiger partial charge on any atom is 0.239 e. The highest BCUT2D eigenvalue weighted by Crippen LogP contribution is 2.31. The number of aliphatic hydroxyl groups is 4. The Labute approximate surface area is 207 Å². The Kier molecular flexibility index (Phi) is 3.76. The van der Waals surface area contributed by atoms with Gasteiger partial charge < -0.3 is 34.6 Å². The first-order valence-electron chi connectivity index (χ1n) is 16.6. The van der Waals surface area contributed by atoms with Crippen LogP contribution in [0.4, 0.5) is 0 Å². The summed E-state index contributed by atoms with van der Waals surface area (Å²) in [4.78, 5) is 0.